The lowest BCUT2D eigenvalue weighted by molar-refractivity contribution is -0.135. The Morgan fingerprint density at radius 3 is 2.75 bits per heavy atom. The second kappa shape index (κ2) is 5.43. The third kappa shape index (κ3) is 3.03. The van der Waals surface area contributed by atoms with E-state index in [-0.39, 0.29) is 12.5 Å². The summed E-state index contributed by atoms with van der Waals surface area (Å²) >= 11 is 1.91. The van der Waals surface area contributed by atoms with Crippen molar-refractivity contribution in [3.05, 3.63) is 0 Å². The van der Waals surface area contributed by atoms with E-state index in [0.717, 1.165) is 24.6 Å². The molecule has 0 atom stereocenters. The highest BCUT2D eigenvalue weighted by molar-refractivity contribution is 7.99. The number of hydrogen-bond acceptors (Lipinski definition) is 3. The summed E-state index contributed by atoms with van der Waals surface area (Å²) in [4.78, 5) is 13.2. The van der Waals surface area contributed by atoms with Crippen LogP contribution in [0.1, 0.15) is 6.92 Å². The third-order valence-electron chi connectivity index (χ3n) is 1.79. The van der Waals surface area contributed by atoms with Gasteiger partial charge in [-0.3, -0.25) is 4.79 Å². The zero-order valence-electron chi connectivity index (χ0n) is 7.41. The van der Waals surface area contributed by atoms with Crippen LogP contribution >= 0.6 is 11.8 Å². The summed E-state index contributed by atoms with van der Waals surface area (Å²) in [6, 6.07) is 0. The van der Waals surface area contributed by atoms with Crippen molar-refractivity contribution >= 4 is 17.7 Å². The predicted molar refractivity (Wildman–Crippen MR) is 50.4 cm³/mol. The van der Waals surface area contributed by atoms with Gasteiger partial charge in [0.15, 0.2) is 0 Å². The predicted octanol–water partition coefficient (Wildman–Crippen LogP) is 0.598. The Bertz CT molecular complexity index is 146. The first-order chi connectivity index (χ1) is 5.84. The number of carbonyl (C=O) groups excluding carboxylic acids is 1. The summed E-state index contributed by atoms with van der Waals surface area (Å²) in [6.45, 7) is 4.54. The molecular formula is C8H15NO2S. The summed E-state index contributed by atoms with van der Waals surface area (Å²) in [6.07, 6.45) is 0. The fourth-order valence-electron chi connectivity index (χ4n) is 1.09. The van der Waals surface area contributed by atoms with Crippen molar-refractivity contribution in [2.24, 2.45) is 0 Å². The van der Waals surface area contributed by atoms with Crippen molar-refractivity contribution in [3.8, 4) is 0 Å². The summed E-state index contributed by atoms with van der Waals surface area (Å²) in [7, 11) is 0. The lowest BCUT2D eigenvalue weighted by Crippen LogP contribution is -2.40. The van der Waals surface area contributed by atoms with Gasteiger partial charge in [0.05, 0.1) is 0 Å². The van der Waals surface area contributed by atoms with Crippen LogP contribution < -0.4 is 0 Å². The average molecular weight is 189 g/mol. The first-order valence-corrected chi connectivity index (χ1v) is 5.43. The van der Waals surface area contributed by atoms with E-state index >= 15 is 0 Å². The van der Waals surface area contributed by atoms with Gasteiger partial charge in [-0.05, 0) is 6.92 Å². The van der Waals surface area contributed by atoms with E-state index < -0.39 is 0 Å². The van der Waals surface area contributed by atoms with Crippen LogP contribution in [0.4, 0.5) is 0 Å². The summed E-state index contributed by atoms with van der Waals surface area (Å²) < 4.78 is 5.05. The molecule has 4 heteroatoms. The molecule has 1 rings (SSSR count). The maximum Gasteiger partial charge on any atom is 0.248 e. The molecule has 3 nitrogen and oxygen atoms in total. The zero-order chi connectivity index (χ0) is 8.81. The third-order valence-corrected chi connectivity index (χ3v) is 2.74. The van der Waals surface area contributed by atoms with E-state index in [9.17, 15) is 4.79 Å². The molecule has 0 aliphatic carbocycles. The van der Waals surface area contributed by atoms with Gasteiger partial charge in [0.1, 0.15) is 6.61 Å². The molecule has 0 aromatic carbocycles. The van der Waals surface area contributed by atoms with Crippen LogP contribution in [-0.2, 0) is 9.53 Å². The van der Waals surface area contributed by atoms with E-state index in [4.69, 9.17) is 4.74 Å². The second-order valence-electron chi connectivity index (χ2n) is 2.63. The van der Waals surface area contributed by atoms with Crippen LogP contribution in [0.3, 0.4) is 0 Å². The summed E-state index contributed by atoms with van der Waals surface area (Å²) in [5.74, 6) is 2.27. The molecule has 1 aliphatic rings. The van der Waals surface area contributed by atoms with Gasteiger partial charge < -0.3 is 9.64 Å². The number of thioether (sulfide) groups is 1. The van der Waals surface area contributed by atoms with Gasteiger partial charge in [0.25, 0.3) is 0 Å². The van der Waals surface area contributed by atoms with E-state index in [1.165, 1.54) is 0 Å². The molecule has 0 radical (unpaired) electrons. The summed E-state index contributed by atoms with van der Waals surface area (Å²) in [5, 5.41) is 0. The van der Waals surface area contributed by atoms with Gasteiger partial charge in [-0.2, -0.15) is 11.8 Å². The molecule has 1 amide bonds. The number of amides is 1. The molecular weight excluding hydrogens is 174 g/mol. The van der Waals surface area contributed by atoms with Gasteiger partial charge in [-0.1, -0.05) is 0 Å². The molecule has 0 aromatic heterocycles. The van der Waals surface area contributed by atoms with E-state index in [2.05, 4.69) is 0 Å². The Labute approximate surface area is 77.4 Å². The molecule has 1 heterocycles. The highest BCUT2D eigenvalue weighted by Gasteiger charge is 2.15. The molecule has 1 aliphatic heterocycles. The van der Waals surface area contributed by atoms with Crippen molar-refractivity contribution in [2.75, 3.05) is 37.8 Å². The van der Waals surface area contributed by atoms with Gasteiger partial charge in [0, 0.05) is 31.2 Å². The fourth-order valence-corrected chi connectivity index (χ4v) is 2.00. The lowest BCUT2D eigenvalue weighted by atomic mass is 10.4. The molecule has 0 N–H and O–H groups in total. The van der Waals surface area contributed by atoms with Gasteiger partial charge in [-0.15, -0.1) is 0 Å². The Kier molecular flexibility index (Phi) is 4.46. The molecule has 70 valence electrons. The van der Waals surface area contributed by atoms with Crippen molar-refractivity contribution < 1.29 is 9.53 Å². The lowest BCUT2D eigenvalue weighted by Gasteiger charge is -2.26. The molecule has 0 spiro atoms. The number of rotatable bonds is 3. The normalized spacial score (nSPS) is 17.9. The molecule has 0 aromatic rings. The van der Waals surface area contributed by atoms with Crippen molar-refractivity contribution in [1.29, 1.82) is 0 Å². The zero-order valence-corrected chi connectivity index (χ0v) is 8.23. The van der Waals surface area contributed by atoms with Crippen LogP contribution in [-0.4, -0.2) is 48.6 Å². The Morgan fingerprint density at radius 1 is 1.50 bits per heavy atom. The SMILES string of the molecule is CCOCC(=O)N1CCSCC1. The Hall–Kier alpha value is -0.220. The number of nitrogens with zero attached hydrogens (tertiary/aromatic N) is 1. The fraction of sp³-hybridized carbons (Fsp3) is 0.875. The van der Waals surface area contributed by atoms with Crippen LogP contribution in [0.2, 0.25) is 0 Å². The Balaban J connectivity index is 2.20. The minimum atomic E-state index is 0.136. The quantitative estimate of drug-likeness (QED) is 0.651. The van der Waals surface area contributed by atoms with Crippen molar-refractivity contribution in [3.63, 3.8) is 0 Å². The minimum absolute atomic E-state index is 0.136. The summed E-state index contributed by atoms with van der Waals surface area (Å²) in [5.41, 5.74) is 0. The van der Waals surface area contributed by atoms with Crippen LogP contribution in [0.5, 0.6) is 0 Å². The van der Waals surface area contributed by atoms with Crippen LogP contribution in [0.25, 0.3) is 0 Å². The molecule has 1 saturated heterocycles. The molecule has 0 saturated carbocycles. The molecule has 0 bridgehead atoms. The maximum absolute atomic E-state index is 11.3. The first-order valence-electron chi connectivity index (χ1n) is 4.28. The maximum atomic E-state index is 11.3. The molecule has 0 unspecified atom stereocenters. The number of hydrogen-bond donors (Lipinski definition) is 0. The van der Waals surface area contributed by atoms with E-state index in [1.54, 1.807) is 0 Å². The smallest absolute Gasteiger partial charge is 0.248 e. The van der Waals surface area contributed by atoms with E-state index in [1.807, 2.05) is 23.6 Å². The standard InChI is InChI=1S/C8H15NO2S/c1-2-11-7-8(10)9-3-5-12-6-4-9/h2-7H2,1H3. The molecule has 1 fully saturated rings. The Morgan fingerprint density at radius 2 is 2.17 bits per heavy atom. The number of carbonyl (C=O) groups is 1. The largest absolute Gasteiger partial charge is 0.372 e. The number of ether oxygens (including phenoxy) is 1. The van der Waals surface area contributed by atoms with Crippen LogP contribution in [0.15, 0.2) is 0 Å². The molecule has 12 heavy (non-hydrogen) atoms. The average Bonchev–Trinajstić information content (AvgIpc) is 2.15. The van der Waals surface area contributed by atoms with Crippen molar-refractivity contribution in [2.45, 2.75) is 6.92 Å². The highest BCUT2D eigenvalue weighted by atomic mass is 32.2. The van der Waals surface area contributed by atoms with Crippen molar-refractivity contribution in [1.82, 2.24) is 4.90 Å². The van der Waals surface area contributed by atoms with Gasteiger partial charge >= 0.3 is 0 Å². The second-order valence-corrected chi connectivity index (χ2v) is 3.86. The van der Waals surface area contributed by atoms with Gasteiger partial charge in [-0.25, -0.2) is 0 Å². The monoisotopic (exact) mass is 189 g/mol. The first kappa shape index (κ1) is 9.86. The topological polar surface area (TPSA) is 29.5 Å². The van der Waals surface area contributed by atoms with Crippen LogP contribution in [0, 0.1) is 0 Å². The van der Waals surface area contributed by atoms with Gasteiger partial charge in [0.2, 0.25) is 5.91 Å². The highest BCUT2D eigenvalue weighted by Crippen LogP contribution is 2.08. The minimum Gasteiger partial charge on any atom is -0.372 e. The van der Waals surface area contributed by atoms with E-state index in [0.29, 0.717) is 6.61 Å².